The summed E-state index contributed by atoms with van der Waals surface area (Å²) in [5.74, 6) is -0.508. The number of rotatable bonds is 4. The van der Waals surface area contributed by atoms with Crippen LogP contribution >= 0.6 is 11.3 Å². The van der Waals surface area contributed by atoms with E-state index in [1.165, 1.54) is 19.3 Å². The highest BCUT2D eigenvalue weighted by molar-refractivity contribution is 7.92. The van der Waals surface area contributed by atoms with E-state index in [4.69, 9.17) is 0 Å². The number of carbonyl (C=O) groups is 1. The average molecular weight is 314 g/mol. The van der Waals surface area contributed by atoms with Gasteiger partial charge in [-0.05, 0) is 37.5 Å². The molecule has 20 heavy (non-hydrogen) atoms. The third-order valence-electron chi connectivity index (χ3n) is 4.50. The van der Waals surface area contributed by atoms with Crippen LogP contribution in [0.1, 0.15) is 44.7 Å². The van der Waals surface area contributed by atoms with Gasteiger partial charge in [-0.1, -0.05) is 13.3 Å². The molecule has 1 amide bonds. The highest BCUT2D eigenvalue weighted by Gasteiger charge is 2.51. The summed E-state index contributed by atoms with van der Waals surface area (Å²) in [4.78, 5) is 16.0. The molecule has 110 valence electrons. The van der Waals surface area contributed by atoms with Gasteiger partial charge in [-0.2, -0.15) is 8.42 Å². The van der Waals surface area contributed by atoms with Crippen LogP contribution in [0.4, 0.5) is 0 Å². The Balaban J connectivity index is 1.63. The number of hydrogen-bond acceptors (Lipinski definition) is 5. The second kappa shape index (κ2) is 4.80. The zero-order valence-electron chi connectivity index (χ0n) is 11.4. The Kier molecular flexibility index (Phi) is 3.36. The lowest BCUT2D eigenvalue weighted by Crippen LogP contribution is -2.49. The summed E-state index contributed by atoms with van der Waals surface area (Å²) in [5.41, 5.74) is 1.10. The van der Waals surface area contributed by atoms with E-state index in [0.29, 0.717) is 11.8 Å². The summed E-state index contributed by atoms with van der Waals surface area (Å²) in [7, 11) is -3.79. The molecule has 2 aliphatic carbocycles. The highest BCUT2D eigenvalue weighted by Crippen LogP contribution is 2.58. The third kappa shape index (κ3) is 2.37. The van der Waals surface area contributed by atoms with Crippen molar-refractivity contribution in [2.75, 3.05) is 0 Å². The van der Waals surface area contributed by atoms with Crippen molar-refractivity contribution >= 4 is 27.3 Å². The van der Waals surface area contributed by atoms with Gasteiger partial charge in [-0.25, -0.2) is 9.71 Å². The molecule has 3 rings (SSSR count). The van der Waals surface area contributed by atoms with Gasteiger partial charge < -0.3 is 0 Å². The van der Waals surface area contributed by atoms with Crippen LogP contribution in [0.25, 0.3) is 0 Å². The Morgan fingerprint density at radius 2 is 2.20 bits per heavy atom. The molecule has 0 radical (unpaired) electrons. The fourth-order valence-corrected chi connectivity index (χ4v) is 5.25. The Hall–Kier alpha value is -0.950. The number of hydrogen-bond donors (Lipinski definition) is 1. The molecule has 2 aliphatic rings. The molecular formula is C13H18N2O3S2. The van der Waals surface area contributed by atoms with Crippen molar-refractivity contribution < 1.29 is 13.2 Å². The molecule has 1 heterocycles. The number of thiazole rings is 1. The molecule has 0 atom stereocenters. The molecular weight excluding hydrogens is 296 g/mol. The number of amides is 1. The molecule has 1 N–H and O–H groups in total. The zero-order chi connectivity index (χ0) is 14.4. The molecule has 1 spiro atoms. The zero-order valence-corrected chi connectivity index (χ0v) is 13.0. The van der Waals surface area contributed by atoms with Crippen LogP contribution in [0.15, 0.2) is 9.72 Å². The largest absolute Gasteiger partial charge is 0.291 e. The number of nitrogens with one attached hydrogen (secondary N) is 1. The van der Waals surface area contributed by atoms with Crippen molar-refractivity contribution in [1.82, 2.24) is 9.71 Å². The predicted octanol–water partition coefficient (Wildman–Crippen LogP) is 2.09. The van der Waals surface area contributed by atoms with Gasteiger partial charge in [0.05, 0.1) is 5.69 Å². The minimum Gasteiger partial charge on any atom is -0.274 e. The Labute approximate surface area is 122 Å². The number of aryl methyl sites for hydroxylation is 1. The van der Waals surface area contributed by atoms with E-state index >= 15 is 0 Å². The second-order valence-electron chi connectivity index (χ2n) is 5.89. The van der Waals surface area contributed by atoms with Crippen LogP contribution < -0.4 is 4.72 Å². The second-order valence-corrected chi connectivity index (χ2v) is 8.60. The Bertz CT molecular complexity index is 624. The van der Waals surface area contributed by atoms with Gasteiger partial charge in [0.2, 0.25) is 10.2 Å². The molecule has 1 aromatic heterocycles. The maximum absolute atomic E-state index is 12.1. The molecule has 2 fully saturated rings. The van der Waals surface area contributed by atoms with Crippen LogP contribution in [0.5, 0.6) is 0 Å². The monoisotopic (exact) mass is 314 g/mol. The van der Waals surface area contributed by atoms with E-state index in [9.17, 15) is 13.2 Å². The van der Waals surface area contributed by atoms with E-state index in [2.05, 4.69) is 9.71 Å². The molecule has 0 unspecified atom stereocenters. The number of nitrogens with zero attached hydrogens (tertiary/aromatic N) is 1. The van der Waals surface area contributed by atoms with E-state index in [-0.39, 0.29) is 16.2 Å². The molecule has 2 saturated carbocycles. The van der Waals surface area contributed by atoms with Crippen molar-refractivity contribution in [1.29, 1.82) is 0 Å². The molecule has 0 saturated heterocycles. The minimum atomic E-state index is -3.79. The number of aromatic nitrogens is 1. The minimum absolute atomic E-state index is 0.0135. The summed E-state index contributed by atoms with van der Waals surface area (Å²) in [6, 6.07) is 0. The first-order valence-electron chi connectivity index (χ1n) is 6.95. The predicted molar refractivity (Wildman–Crippen MR) is 75.8 cm³/mol. The fourth-order valence-electron chi connectivity index (χ4n) is 3.09. The van der Waals surface area contributed by atoms with Gasteiger partial charge in [0, 0.05) is 11.3 Å². The normalized spacial score (nSPS) is 21.2. The van der Waals surface area contributed by atoms with Crippen molar-refractivity contribution in [2.45, 2.75) is 49.8 Å². The van der Waals surface area contributed by atoms with E-state index in [1.54, 1.807) is 5.38 Å². The highest BCUT2D eigenvalue weighted by atomic mass is 32.2. The molecule has 1 aromatic rings. The van der Waals surface area contributed by atoms with E-state index < -0.39 is 10.0 Å². The quantitative estimate of drug-likeness (QED) is 0.923. The fraction of sp³-hybridized carbons (Fsp3) is 0.692. The summed E-state index contributed by atoms with van der Waals surface area (Å²) in [6.45, 7) is 1.91. The molecule has 5 nitrogen and oxygen atoms in total. The first-order chi connectivity index (χ1) is 9.44. The molecule has 0 aliphatic heterocycles. The van der Waals surface area contributed by atoms with E-state index in [0.717, 1.165) is 29.9 Å². The van der Waals surface area contributed by atoms with Crippen molar-refractivity contribution in [3.63, 3.8) is 0 Å². The van der Waals surface area contributed by atoms with E-state index in [1.807, 2.05) is 6.92 Å². The Morgan fingerprint density at radius 3 is 2.70 bits per heavy atom. The lowest BCUT2D eigenvalue weighted by Gasteiger charge is -2.53. The molecule has 7 heteroatoms. The summed E-state index contributed by atoms with van der Waals surface area (Å²) < 4.78 is 26.3. The Morgan fingerprint density at radius 1 is 1.50 bits per heavy atom. The smallest absolute Gasteiger partial charge is 0.274 e. The van der Waals surface area contributed by atoms with Crippen molar-refractivity contribution in [2.24, 2.45) is 11.3 Å². The maximum Gasteiger partial charge on any atom is 0.291 e. The standard InChI is InChI=1S/C13H18N2O3S2/c1-2-10-8-19-12(14-10)20(17,18)15-11(16)9-6-13(7-9)4-3-5-13/h8-9H,2-7H2,1H3,(H,15,16). The van der Waals surface area contributed by atoms with Crippen LogP contribution in [0.3, 0.4) is 0 Å². The average Bonchev–Trinajstić information content (AvgIpc) is 2.73. The van der Waals surface area contributed by atoms with Crippen molar-refractivity contribution in [3.05, 3.63) is 11.1 Å². The van der Waals surface area contributed by atoms with Gasteiger partial charge in [0.1, 0.15) is 0 Å². The molecule has 0 bridgehead atoms. The summed E-state index contributed by atoms with van der Waals surface area (Å²) in [5, 5.41) is 1.71. The van der Waals surface area contributed by atoms with Crippen LogP contribution in [0.2, 0.25) is 0 Å². The van der Waals surface area contributed by atoms with Gasteiger partial charge in [-0.15, -0.1) is 11.3 Å². The maximum atomic E-state index is 12.1. The third-order valence-corrected chi connectivity index (χ3v) is 7.15. The number of carbonyl (C=O) groups excluding carboxylic acids is 1. The molecule has 0 aromatic carbocycles. The lowest BCUT2D eigenvalue weighted by molar-refractivity contribution is -0.134. The summed E-state index contributed by atoms with van der Waals surface area (Å²) in [6.07, 6.45) is 5.99. The number of sulfonamides is 1. The summed E-state index contributed by atoms with van der Waals surface area (Å²) >= 11 is 1.06. The van der Waals surface area contributed by atoms with Crippen LogP contribution in [-0.2, 0) is 21.2 Å². The van der Waals surface area contributed by atoms with Crippen LogP contribution in [-0.4, -0.2) is 19.3 Å². The van der Waals surface area contributed by atoms with Gasteiger partial charge in [-0.3, -0.25) is 4.79 Å². The van der Waals surface area contributed by atoms with Crippen molar-refractivity contribution in [3.8, 4) is 0 Å². The first-order valence-corrected chi connectivity index (χ1v) is 9.31. The SMILES string of the molecule is CCc1csc(S(=O)(=O)NC(=O)C2CC3(CCC3)C2)n1. The lowest BCUT2D eigenvalue weighted by atomic mass is 9.52. The van der Waals surface area contributed by atoms with Gasteiger partial charge in [0.15, 0.2) is 0 Å². The van der Waals surface area contributed by atoms with Crippen LogP contribution in [0, 0.1) is 11.3 Å². The topological polar surface area (TPSA) is 76.1 Å². The van der Waals surface area contributed by atoms with Gasteiger partial charge >= 0.3 is 0 Å². The first kappa shape index (κ1) is 14.0. The van der Waals surface area contributed by atoms with Gasteiger partial charge in [0.25, 0.3) is 10.0 Å².